The molecule has 0 fully saturated rings. The number of rotatable bonds is 8. The summed E-state index contributed by atoms with van der Waals surface area (Å²) in [5, 5.41) is 0.687. The summed E-state index contributed by atoms with van der Waals surface area (Å²) < 4.78 is 0. The molecule has 0 atom stereocenters. The van der Waals surface area contributed by atoms with Gasteiger partial charge in [-0.2, -0.15) is 0 Å². The topological polar surface area (TPSA) is 0 Å². The Morgan fingerprint density at radius 2 is 1.33 bits per heavy atom. The van der Waals surface area contributed by atoms with Gasteiger partial charge in [-0.25, -0.2) is 0 Å². The first-order valence-electron chi connectivity index (χ1n) is 6.95. The van der Waals surface area contributed by atoms with Crippen LogP contribution in [0.15, 0.2) is 0 Å². The number of unbranched alkanes of at least 4 members (excludes halogenated alkanes) is 4. The summed E-state index contributed by atoms with van der Waals surface area (Å²) in [4.78, 5) is 0. The van der Waals surface area contributed by atoms with Crippen LogP contribution >= 0.6 is 0 Å². The predicted molar refractivity (Wildman–Crippen MR) is 75.7 cm³/mol. The maximum Gasteiger partial charge on any atom is 0.0113 e. The summed E-state index contributed by atoms with van der Waals surface area (Å²) in [6, 6.07) is 0. The summed E-state index contributed by atoms with van der Waals surface area (Å²) in [5.74, 6) is 1.74. The largest absolute Gasteiger partial charge is 0.0654 e. The first-order chi connectivity index (χ1) is 6.95. The highest BCUT2D eigenvalue weighted by atomic mass is 28.1. The minimum Gasteiger partial charge on any atom is -0.0654 e. The molecule has 0 saturated carbocycles. The molecule has 0 saturated heterocycles. The molecule has 0 aromatic carbocycles. The van der Waals surface area contributed by atoms with E-state index in [-0.39, 0.29) is 0 Å². The SMILES string of the molecule is CCCCCCCC([SiH3])(C(C)C)C(C)C. The van der Waals surface area contributed by atoms with Crippen molar-refractivity contribution in [1.29, 1.82) is 0 Å². The first-order valence-corrected chi connectivity index (χ1v) is 7.95. The van der Waals surface area contributed by atoms with Crippen molar-refractivity contribution in [2.45, 2.75) is 78.2 Å². The molecule has 0 spiro atoms. The van der Waals surface area contributed by atoms with Crippen LogP contribution in [0.2, 0.25) is 5.04 Å². The van der Waals surface area contributed by atoms with Crippen LogP contribution in [0, 0.1) is 11.8 Å². The molecule has 0 amide bonds. The second-order valence-electron chi connectivity index (χ2n) is 5.98. The van der Waals surface area contributed by atoms with Crippen molar-refractivity contribution in [3.05, 3.63) is 0 Å². The van der Waals surface area contributed by atoms with Crippen LogP contribution in [0.4, 0.5) is 0 Å². The standard InChI is InChI=1S/C14H32Si/c1-6-7-8-9-10-11-14(15,12(2)3)13(4)5/h12-13H,6-11H2,1-5,15H3. The zero-order valence-corrected chi connectivity index (χ0v) is 13.9. The Morgan fingerprint density at radius 3 is 1.73 bits per heavy atom. The lowest BCUT2D eigenvalue weighted by Gasteiger charge is -2.38. The second kappa shape index (κ2) is 7.48. The van der Waals surface area contributed by atoms with Crippen LogP contribution in [0.1, 0.15) is 73.1 Å². The normalized spacial score (nSPS) is 13.0. The smallest absolute Gasteiger partial charge is 0.0113 e. The van der Waals surface area contributed by atoms with E-state index in [2.05, 4.69) is 34.6 Å². The van der Waals surface area contributed by atoms with Gasteiger partial charge in [0.1, 0.15) is 0 Å². The molecule has 0 N–H and O–H groups in total. The Bertz CT molecular complexity index is 141. The van der Waals surface area contributed by atoms with Crippen molar-refractivity contribution in [2.24, 2.45) is 11.8 Å². The summed E-state index contributed by atoms with van der Waals surface area (Å²) in [7, 11) is 1.36. The van der Waals surface area contributed by atoms with Crippen LogP contribution in [0.3, 0.4) is 0 Å². The van der Waals surface area contributed by atoms with Gasteiger partial charge in [-0.05, 0) is 16.9 Å². The zero-order valence-electron chi connectivity index (χ0n) is 11.9. The third-order valence-corrected chi connectivity index (χ3v) is 7.27. The molecule has 0 aliphatic heterocycles. The van der Waals surface area contributed by atoms with Gasteiger partial charge in [0.05, 0.1) is 0 Å². The van der Waals surface area contributed by atoms with Crippen LogP contribution < -0.4 is 0 Å². The Kier molecular flexibility index (Phi) is 7.59. The van der Waals surface area contributed by atoms with E-state index >= 15 is 0 Å². The van der Waals surface area contributed by atoms with Gasteiger partial charge >= 0.3 is 0 Å². The highest BCUT2D eigenvalue weighted by Gasteiger charge is 2.30. The minimum absolute atomic E-state index is 0.687. The minimum atomic E-state index is 0.687. The number of hydrogen-bond donors (Lipinski definition) is 0. The summed E-state index contributed by atoms with van der Waals surface area (Å²) >= 11 is 0. The molecule has 92 valence electrons. The van der Waals surface area contributed by atoms with Crippen LogP contribution in [0.5, 0.6) is 0 Å². The first kappa shape index (κ1) is 15.2. The molecule has 0 aromatic heterocycles. The average Bonchev–Trinajstić information content (AvgIpc) is 2.16. The third kappa shape index (κ3) is 5.19. The van der Waals surface area contributed by atoms with Gasteiger partial charge in [-0.1, -0.05) is 73.1 Å². The van der Waals surface area contributed by atoms with Crippen molar-refractivity contribution in [3.63, 3.8) is 0 Å². The highest BCUT2D eigenvalue weighted by molar-refractivity contribution is 6.15. The van der Waals surface area contributed by atoms with Crippen molar-refractivity contribution in [2.75, 3.05) is 0 Å². The van der Waals surface area contributed by atoms with Crippen LogP contribution in [-0.4, -0.2) is 10.2 Å². The average molecular weight is 228 g/mol. The maximum atomic E-state index is 2.42. The lowest BCUT2D eigenvalue weighted by Crippen LogP contribution is -2.26. The van der Waals surface area contributed by atoms with Gasteiger partial charge in [-0.3, -0.25) is 0 Å². The Hall–Kier alpha value is 0.217. The highest BCUT2D eigenvalue weighted by Crippen LogP contribution is 2.44. The zero-order chi connectivity index (χ0) is 11.9. The molecule has 0 heterocycles. The molecular weight excluding hydrogens is 196 g/mol. The summed E-state index contributed by atoms with van der Waals surface area (Å²) in [5.41, 5.74) is 0. The molecule has 0 bridgehead atoms. The van der Waals surface area contributed by atoms with Crippen molar-refractivity contribution >= 4 is 10.2 Å². The molecule has 0 rings (SSSR count). The monoisotopic (exact) mass is 228 g/mol. The van der Waals surface area contributed by atoms with E-state index < -0.39 is 0 Å². The predicted octanol–water partition coefficient (Wildman–Crippen LogP) is 4.18. The molecule has 0 unspecified atom stereocenters. The Balaban J connectivity index is 3.88. The van der Waals surface area contributed by atoms with Gasteiger partial charge in [-0.15, -0.1) is 0 Å². The molecule has 0 aliphatic rings. The molecule has 0 aromatic rings. The quantitative estimate of drug-likeness (QED) is 0.432. The van der Waals surface area contributed by atoms with Crippen molar-refractivity contribution in [3.8, 4) is 0 Å². The van der Waals surface area contributed by atoms with E-state index in [4.69, 9.17) is 0 Å². The fourth-order valence-corrected chi connectivity index (χ4v) is 2.71. The lowest BCUT2D eigenvalue weighted by atomic mass is 9.80. The van der Waals surface area contributed by atoms with E-state index in [0.29, 0.717) is 5.04 Å². The van der Waals surface area contributed by atoms with Crippen molar-refractivity contribution in [1.82, 2.24) is 0 Å². The molecule has 15 heavy (non-hydrogen) atoms. The van der Waals surface area contributed by atoms with Gasteiger partial charge in [0, 0.05) is 10.2 Å². The van der Waals surface area contributed by atoms with Crippen LogP contribution in [-0.2, 0) is 0 Å². The van der Waals surface area contributed by atoms with Gasteiger partial charge < -0.3 is 0 Å². The molecule has 0 nitrogen and oxygen atoms in total. The molecule has 1 heteroatoms. The maximum absolute atomic E-state index is 2.42. The van der Waals surface area contributed by atoms with E-state index in [0.717, 1.165) is 11.8 Å². The number of hydrogen-bond acceptors (Lipinski definition) is 0. The van der Waals surface area contributed by atoms with E-state index in [9.17, 15) is 0 Å². The van der Waals surface area contributed by atoms with Crippen LogP contribution in [0.25, 0.3) is 0 Å². The van der Waals surface area contributed by atoms with Gasteiger partial charge in [0.2, 0.25) is 0 Å². The molecule has 0 aliphatic carbocycles. The Labute approximate surface area is 101 Å². The molecular formula is C14H32Si. The van der Waals surface area contributed by atoms with Crippen molar-refractivity contribution < 1.29 is 0 Å². The second-order valence-corrected chi connectivity index (χ2v) is 7.84. The fraction of sp³-hybridized carbons (Fsp3) is 1.00. The molecule has 0 radical (unpaired) electrons. The summed E-state index contributed by atoms with van der Waals surface area (Å²) in [6.45, 7) is 12.0. The lowest BCUT2D eigenvalue weighted by molar-refractivity contribution is 0.284. The fourth-order valence-electron chi connectivity index (χ4n) is 2.35. The van der Waals surface area contributed by atoms with Gasteiger partial charge in [0.15, 0.2) is 0 Å². The Morgan fingerprint density at radius 1 is 0.867 bits per heavy atom. The van der Waals surface area contributed by atoms with E-state index in [1.165, 1.54) is 48.8 Å². The third-order valence-electron chi connectivity index (χ3n) is 4.46. The summed E-state index contributed by atoms with van der Waals surface area (Å²) in [6.07, 6.45) is 8.62. The van der Waals surface area contributed by atoms with E-state index in [1.807, 2.05) is 0 Å². The van der Waals surface area contributed by atoms with Gasteiger partial charge in [0.25, 0.3) is 0 Å². The van der Waals surface area contributed by atoms with E-state index in [1.54, 1.807) is 0 Å².